The van der Waals surface area contributed by atoms with Crippen molar-refractivity contribution in [2.45, 2.75) is 6.04 Å². The van der Waals surface area contributed by atoms with E-state index >= 15 is 0 Å². The Bertz CT molecular complexity index is 1100. The molecule has 4 rings (SSSR count). The van der Waals surface area contributed by atoms with Gasteiger partial charge in [-0.1, -0.05) is 30.3 Å². The van der Waals surface area contributed by atoms with Crippen LogP contribution in [0.4, 0.5) is 5.69 Å². The average Bonchev–Trinajstić information content (AvgIpc) is 3.40. The fraction of sp³-hybridized carbons (Fsp3) is 0.130. The molecule has 1 saturated heterocycles. The molecule has 0 saturated carbocycles. The zero-order chi connectivity index (χ0) is 21.3. The third kappa shape index (κ3) is 3.13. The van der Waals surface area contributed by atoms with Gasteiger partial charge in [0.1, 0.15) is 28.9 Å². The number of carbonyl (C=O) groups is 2. The number of amides is 1. The van der Waals surface area contributed by atoms with Crippen molar-refractivity contribution in [1.29, 1.82) is 0 Å². The standard InChI is InChI=1S/C23H19NO5S/c1-28-15-10-6-11-16(29-2)18(15)21(25)19-20(17-12-7-13-30-17)24(23(27)22(19)26)14-8-4-3-5-9-14/h3-13,20,25H,1-2H3/b21-19+. The molecule has 2 heterocycles. The predicted molar refractivity (Wildman–Crippen MR) is 115 cm³/mol. The van der Waals surface area contributed by atoms with Gasteiger partial charge >= 0.3 is 0 Å². The van der Waals surface area contributed by atoms with Gasteiger partial charge in [-0.3, -0.25) is 14.5 Å². The number of ketones is 1. The van der Waals surface area contributed by atoms with E-state index in [2.05, 4.69) is 0 Å². The molecule has 0 aliphatic carbocycles. The summed E-state index contributed by atoms with van der Waals surface area (Å²) in [6.07, 6.45) is 0. The third-order valence-corrected chi connectivity index (χ3v) is 5.88. The normalized spacial score (nSPS) is 17.9. The van der Waals surface area contributed by atoms with E-state index in [0.717, 1.165) is 4.88 Å². The SMILES string of the molecule is COc1cccc(OC)c1/C(O)=C1\C(=O)C(=O)N(c2ccccc2)C1c1cccs1. The molecule has 0 spiro atoms. The number of Topliss-reactive ketones (excluding diaryl/α,β-unsaturated/α-hetero) is 1. The number of hydrogen-bond donors (Lipinski definition) is 1. The van der Waals surface area contributed by atoms with Crippen molar-refractivity contribution in [2.24, 2.45) is 0 Å². The molecular formula is C23H19NO5S. The van der Waals surface area contributed by atoms with Crippen molar-refractivity contribution in [3.63, 3.8) is 0 Å². The Morgan fingerprint density at radius 2 is 1.60 bits per heavy atom. The van der Waals surface area contributed by atoms with E-state index in [1.807, 2.05) is 23.6 Å². The van der Waals surface area contributed by atoms with Crippen molar-refractivity contribution >= 4 is 34.5 Å². The van der Waals surface area contributed by atoms with Crippen LogP contribution in [0.2, 0.25) is 0 Å². The van der Waals surface area contributed by atoms with Crippen LogP contribution in [-0.4, -0.2) is 31.0 Å². The summed E-state index contributed by atoms with van der Waals surface area (Å²) < 4.78 is 10.8. The highest BCUT2D eigenvalue weighted by Crippen LogP contribution is 2.45. The van der Waals surface area contributed by atoms with Gasteiger partial charge in [0.15, 0.2) is 0 Å². The zero-order valence-corrected chi connectivity index (χ0v) is 17.2. The smallest absolute Gasteiger partial charge is 0.300 e. The lowest BCUT2D eigenvalue weighted by molar-refractivity contribution is -0.132. The molecule has 7 heteroatoms. The number of para-hydroxylation sites is 1. The Morgan fingerprint density at radius 1 is 0.933 bits per heavy atom. The fourth-order valence-corrected chi connectivity index (χ4v) is 4.45. The molecule has 3 aromatic rings. The summed E-state index contributed by atoms with van der Waals surface area (Å²) >= 11 is 1.41. The molecule has 1 unspecified atom stereocenters. The van der Waals surface area contributed by atoms with E-state index in [-0.39, 0.29) is 16.9 Å². The van der Waals surface area contributed by atoms with E-state index in [0.29, 0.717) is 17.2 Å². The zero-order valence-electron chi connectivity index (χ0n) is 16.4. The lowest BCUT2D eigenvalue weighted by atomic mass is 9.98. The maximum atomic E-state index is 13.1. The average molecular weight is 421 g/mol. The first-order valence-electron chi connectivity index (χ1n) is 9.19. The number of hydrogen-bond acceptors (Lipinski definition) is 6. The van der Waals surface area contributed by atoms with Crippen molar-refractivity contribution in [1.82, 2.24) is 0 Å². The van der Waals surface area contributed by atoms with Crippen LogP contribution < -0.4 is 14.4 Å². The molecule has 1 N–H and O–H groups in total. The summed E-state index contributed by atoms with van der Waals surface area (Å²) in [4.78, 5) is 28.3. The van der Waals surface area contributed by atoms with Crippen LogP contribution in [-0.2, 0) is 9.59 Å². The summed E-state index contributed by atoms with van der Waals surface area (Å²) in [7, 11) is 2.93. The minimum atomic E-state index is -0.762. The molecule has 30 heavy (non-hydrogen) atoms. The van der Waals surface area contributed by atoms with Crippen LogP contribution >= 0.6 is 11.3 Å². The molecule has 1 atom stereocenters. The molecule has 1 amide bonds. The predicted octanol–water partition coefficient (Wildman–Crippen LogP) is 4.39. The van der Waals surface area contributed by atoms with Gasteiger partial charge in [-0.05, 0) is 35.7 Å². The number of carbonyl (C=O) groups excluding carboxylic acids is 2. The largest absolute Gasteiger partial charge is 0.506 e. The second-order valence-corrected chi connectivity index (χ2v) is 7.54. The quantitative estimate of drug-likeness (QED) is 0.376. The lowest BCUT2D eigenvalue weighted by Gasteiger charge is -2.24. The molecule has 0 bridgehead atoms. The first-order chi connectivity index (χ1) is 14.6. The Balaban J connectivity index is 1.99. The van der Waals surface area contributed by atoms with Gasteiger partial charge in [-0.25, -0.2) is 0 Å². The number of ether oxygens (including phenoxy) is 2. The molecule has 1 aromatic heterocycles. The van der Waals surface area contributed by atoms with E-state index in [1.165, 1.54) is 30.5 Å². The molecule has 0 radical (unpaired) electrons. The topological polar surface area (TPSA) is 76.1 Å². The van der Waals surface area contributed by atoms with Crippen molar-refractivity contribution < 1.29 is 24.2 Å². The summed E-state index contributed by atoms with van der Waals surface area (Å²) in [6, 6.07) is 16.9. The second-order valence-electron chi connectivity index (χ2n) is 6.56. The summed E-state index contributed by atoms with van der Waals surface area (Å²) in [5.74, 6) is -1.12. The summed E-state index contributed by atoms with van der Waals surface area (Å²) in [5.41, 5.74) is 0.799. The highest BCUT2D eigenvalue weighted by Gasteiger charge is 2.47. The Labute approximate surface area is 177 Å². The van der Waals surface area contributed by atoms with E-state index in [1.54, 1.807) is 42.5 Å². The van der Waals surface area contributed by atoms with Gasteiger partial charge in [-0.15, -0.1) is 11.3 Å². The number of anilines is 1. The van der Waals surface area contributed by atoms with Crippen LogP contribution in [0.5, 0.6) is 11.5 Å². The van der Waals surface area contributed by atoms with E-state index < -0.39 is 17.7 Å². The number of methoxy groups -OCH3 is 2. The molecule has 2 aromatic carbocycles. The fourth-order valence-electron chi connectivity index (χ4n) is 3.62. The van der Waals surface area contributed by atoms with Crippen molar-refractivity contribution in [2.75, 3.05) is 19.1 Å². The van der Waals surface area contributed by atoms with Crippen LogP contribution in [0.3, 0.4) is 0 Å². The molecule has 1 fully saturated rings. The molecule has 6 nitrogen and oxygen atoms in total. The summed E-state index contributed by atoms with van der Waals surface area (Å²) in [5, 5.41) is 13.2. The monoisotopic (exact) mass is 421 g/mol. The van der Waals surface area contributed by atoms with Gasteiger partial charge in [0.05, 0.1) is 19.8 Å². The Morgan fingerprint density at radius 3 is 2.17 bits per heavy atom. The van der Waals surface area contributed by atoms with Crippen LogP contribution in [0.1, 0.15) is 16.5 Å². The van der Waals surface area contributed by atoms with Gasteiger partial charge in [0.2, 0.25) is 0 Å². The number of aliphatic hydroxyl groups excluding tert-OH is 1. The van der Waals surface area contributed by atoms with E-state index in [4.69, 9.17) is 9.47 Å². The van der Waals surface area contributed by atoms with Crippen LogP contribution in [0.25, 0.3) is 5.76 Å². The van der Waals surface area contributed by atoms with Gasteiger partial charge in [0, 0.05) is 10.6 Å². The van der Waals surface area contributed by atoms with Crippen LogP contribution in [0.15, 0.2) is 71.6 Å². The second kappa shape index (κ2) is 8.04. The number of benzene rings is 2. The molecule has 152 valence electrons. The minimum Gasteiger partial charge on any atom is -0.506 e. The number of aliphatic hydroxyl groups is 1. The first kappa shape index (κ1) is 19.7. The number of thiophene rings is 1. The maximum absolute atomic E-state index is 13.1. The minimum absolute atomic E-state index is 0.00546. The van der Waals surface area contributed by atoms with E-state index in [9.17, 15) is 14.7 Å². The molecule has 1 aliphatic heterocycles. The third-order valence-electron chi connectivity index (χ3n) is 4.96. The number of nitrogens with zero attached hydrogens (tertiary/aromatic N) is 1. The Kier molecular flexibility index (Phi) is 5.29. The molecule has 1 aliphatic rings. The van der Waals surface area contributed by atoms with Crippen molar-refractivity contribution in [3.8, 4) is 11.5 Å². The molecular weight excluding hydrogens is 402 g/mol. The highest BCUT2D eigenvalue weighted by molar-refractivity contribution is 7.10. The Hall–Kier alpha value is -3.58. The van der Waals surface area contributed by atoms with Gasteiger partial charge in [-0.2, -0.15) is 0 Å². The first-order valence-corrected chi connectivity index (χ1v) is 10.1. The van der Waals surface area contributed by atoms with Crippen LogP contribution in [0, 0.1) is 0 Å². The maximum Gasteiger partial charge on any atom is 0.300 e. The van der Waals surface area contributed by atoms with Gasteiger partial charge in [0.25, 0.3) is 11.7 Å². The van der Waals surface area contributed by atoms with Gasteiger partial charge < -0.3 is 14.6 Å². The van der Waals surface area contributed by atoms with Crippen molar-refractivity contribution in [3.05, 3.63) is 82.1 Å². The summed E-state index contributed by atoms with van der Waals surface area (Å²) in [6.45, 7) is 0. The number of rotatable bonds is 5. The lowest BCUT2D eigenvalue weighted by Crippen LogP contribution is -2.29. The highest BCUT2D eigenvalue weighted by atomic mass is 32.1.